The maximum absolute atomic E-state index is 13.9. The lowest BCUT2D eigenvalue weighted by Crippen LogP contribution is -2.30. The van der Waals surface area contributed by atoms with E-state index in [-0.39, 0.29) is 11.7 Å². The minimum Gasteiger partial charge on any atom is -0.370 e. The molecule has 0 radical (unpaired) electrons. The van der Waals surface area contributed by atoms with E-state index in [1.807, 2.05) is 30.3 Å². The second kappa shape index (κ2) is 6.84. The van der Waals surface area contributed by atoms with Crippen LogP contribution in [0.25, 0.3) is 10.1 Å². The Bertz CT molecular complexity index is 915. The van der Waals surface area contributed by atoms with E-state index in [0.717, 1.165) is 29.2 Å². The first-order valence-corrected chi connectivity index (χ1v) is 9.37. The minimum absolute atomic E-state index is 0.190. The number of fused-ring (bicyclic) bond motifs is 1. The molecule has 5 heteroatoms. The van der Waals surface area contributed by atoms with Crippen molar-refractivity contribution in [1.29, 1.82) is 0 Å². The van der Waals surface area contributed by atoms with Crippen LogP contribution < -0.4 is 10.2 Å². The third-order valence-electron chi connectivity index (χ3n) is 4.58. The van der Waals surface area contributed by atoms with Crippen molar-refractivity contribution < 1.29 is 9.18 Å². The summed E-state index contributed by atoms with van der Waals surface area (Å²) in [7, 11) is 0. The van der Waals surface area contributed by atoms with Crippen molar-refractivity contribution in [2.75, 3.05) is 23.3 Å². The molecule has 0 atom stereocenters. The molecule has 3 nitrogen and oxygen atoms in total. The van der Waals surface area contributed by atoms with Crippen LogP contribution in [-0.2, 0) is 0 Å². The summed E-state index contributed by atoms with van der Waals surface area (Å²) in [6.07, 6.45) is 3.62. The van der Waals surface area contributed by atoms with E-state index in [1.165, 1.54) is 36.7 Å². The van der Waals surface area contributed by atoms with Crippen molar-refractivity contribution in [3.8, 4) is 0 Å². The molecule has 25 heavy (non-hydrogen) atoms. The average Bonchev–Trinajstić information content (AvgIpc) is 3.09. The fourth-order valence-electron chi connectivity index (χ4n) is 3.31. The molecule has 2 heterocycles. The number of nitrogens with one attached hydrogen (secondary N) is 1. The number of rotatable bonds is 3. The molecule has 0 spiro atoms. The van der Waals surface area contributed by atoms with Crippen molar-refractivity contribution in [2.24, 2.45) is 0 Å². The lowest BCUT2D eigenvalue weighted by Gasteiger charge is -2.30. The minimum atomic E-state index is -0.290. The molecule has 1 aliphatic heterocycles. The molecule has 1 fully saturated rings. The lowest BCUT2D eigenvalue weighted by molar-refractivity contribution is 0.103. The van der Waals surface area contributed by atoms with E-state index < -0.39 is 0 Å². The van der Waals surface area contributed by atoms with E-state index >= 15 is 0 Å². The van der Waals surface area contributed by atoms with Gasteiger partial charge in [0.05, 0.1) is 16.3 Å². The van der Waals surface area contributed by atoms with Gasteiger partial charge in [0.1, 0.15) is 5.82 Å². The van der Waals surface area contributed by atoms with Gasteiger partial charge in [-0.25, -0.2) is 4.39 Å². The fraction of sp³-hybridized carbons (Fsp3) is 0.250. The number of carbonyl (C=O) groups is 1. The Morgan fingerprint density at radius 2 is 1.84 bits per heavy atom. The smallest absolute Gasteiger partial charge is 0.265 e. The molecule has 2 aromatic carbocycles. The number of nitrogens with zero attached hydrogens (tertiary/aromatic N) is 1. The predicted octanol–water partition coefficient (Wildman–Crippen LogP) is 5.28. The molecule has 128 valence electrons. The lowest BCUT2D eigenvalue weighted by atomic mass is 10.1. The van der Waals surface area contributed by atoms with Crippen molar-refractivity contribution in [2.45, 2.75) is 19.3 Å². The van der Waals surface area contributed by atoms with Gasteiger partial charge in [-0.1, -0.05) is 18.2 Å². The quantitative estimate of drug-likeness (QED) is 0.694. The molecule has 1 N–H and O–H groups in total. The molecular weight excluding hydrogens is 335 g/mol. The maximum atomic E-state index is 13.9. The average molecular weight is 354 g/mol. The normalized spacial score (nSPS) is 14.7. The van der Waals surface area contributed by atoms with Gasteiger partial charge in [-0.15, -0.1) is 11.3 Å². The summed E-state index contributed by atoms with van der Waals surface area (Å²) in [5, 5.41) is 3.51. The summed E-state index contributed by atoms with van der Waals surface area (Å²) < 4.78 is 14.7. The molecule has 0 unspecified atom stereocenters. The van der Waals surface area contributed by atoms with Crippen molar-refractivity contribution >= 4 is 38.7 Å². The largest absolute Gasteiger partial charge is 0.370 e. The van der Waals surface area contributed by atoms with Gasteiger partial charge >= 0.3 is 0 Å². The highest BCUT2D eigenvalue weighted by molar-refractivity contribution is 7.20. The van der Waals surface area contributed by atoms with Crippen molar-refractivity contribution in [1.82, 2.24) is 0 Å². The van der Waals surface area contributed by atoms with Gasteiger partial charge in [0.25, 0.3) is 5.91 Å². The van der Waals surface area contributed by atoms with Gasteiger partial charge in [-0.05, 0) is 49.6 Å². The zero-order valence-electron chi connectivity index (χ0n) is 13.8. The molecule has 4 rings (SSSR count). The van der Waals surface area contributed by atoms with Gasteiger partial charge in [-0.3, -0.25) is 4.79 Å². The monoisotopic (exact) mass is 354 g/mol. The van der Waals surface area contributed by atoms with Crippen LogP contribution in [0.3, 0.4) is 0 Å². The Balaban J connectivity index is 1.61. The summed E-state index contributed by atoms with van der Waals surface area (Å²) >= 11 is 1.31. The van der Waals surface area contributed by atoms with E-state index in [0.29, 0.717) is 10.3 Å². The molecule has 0 bridgehead atoms. The Labute approximate surface area is 150 Å². The summed E-state index contributed by atoms with van der Waals surface area (Å²) in [6.45, 7) is 2.03. The number of hydrogen-bond donors (Lipinski definition) is 1. The highest BCUT2D eigenvalue weighted by Gasteiger charge is 2.17. The van der Waals surface area contributed by atoms with Gasteiger partial charge in [0.15, 0.2) is 0 Å². The number of carbonyl (C=O) groups excluding carboxylic acids is 1. The number of amides is 1. The third kappa shape index (κ3) is 3.24. The van der Waals surface area contributed by atoms with Crippen LogP contribution >= 0.6 is 11.3 Å². The van der Waals surface area contributed by atoms with E-state index in [4.69, 9.17) is 0 Å². The fourth-order valence-corrected chi connectivity index (χ4v) is 4.28. The maximum Gasteiger partial charge on any atom is 0.265 e. The van der Waals surface area contributed by atoms with Crippen LogP contribution in [0, 0.1) is 5.82 Å². The Morgan fingerprint density at radius 1 is 1.04 bits per heavy atom. The van der Waals surface area contributed by atoms with Crippen LogP contribution in [-0.4, -0.2) is 19.0 Å². The summed E-state index contributed by atoms with van der Waals surface area (Å²) in [4.78, 5) is 15.5. The van der Waals surface area contributed by atoms with E-state index in [1.54, 1.807) is 12.1 Å². The number of piperidine rings is 1. The molecular formula is C20H19FN2OS. The van der Waals surface area contributed by atoms with Crippen LogP contribution in [0.1, 0.15) is 28.9 Å². The summed E-state index contributed by atoms with van der Waals surface area (Å²) in [5.74, 6) is -0.480. The Hall–Kier alpha value is -2.40. The van der Waals surface area contributed by atoms with E-state index in [2.05, 4.69) is 10.2 Å². The molecule has 1 amide bonds. The van der Waals surface area contributed by atoms with Crippen LogP contribution in [0.5, 0.6) is 0 Å². The third-order valence-corrected chi connectivity index (χ3v) is 5.68. The molecule has 1 aromatic heterocycles. The second-order valence-electron chi connectivity index (χ2n) is 6.28. The Kier molecular flexibility index (Phi) is 4.40. The van der Waals surface area contributed by atoms with Crippen LogP contribution in [0.4, 0.5) is 15.8 Å². The number of para-hydroxylation sites is 2. The topological polar surface area (TPSA) is 32.3 Å². The first kappa shape index (κ1) is 16.1. The standard InChI is InChI=1S/C20H19FN2OS/c21-15-7-6-10-18-14(15)13-19(25-18)20(24)22-16-8-2-3-9-17(16)23-11-4-1-5-12-23/h2-3,6-10,13H,1,4-5,11-12H2,(H,22,24). The molecule has 0 saturated carbocycles. The number of anilines is 2. The summed E-state index contributed by atoms with van der Waals surface area (Å²) in [6, 6.07) is 14.4. The number of hydrogen-bond acceptors (Lipinski definition) is 3. The van der Waals surface area contributed by atoms with Gasteiger partial charge < -0.3 is 10.2 Å². The molecule has 1 aliphatic rings. The first-order valence-electron chi connectivity index (χ1n) is 8.56. The Morgan fingerprint density at radius 3 is 2.64 bits per heavy atom. The number of halogens is 1. The second-order valence-corrected chi connectivity index (χ2v) is 7.37. The highest BCUT2D eigenvalue weighted by atomic mass is 32.1. The first-order chi connectivity index (χ1) is 12.2. The highest BCUT2D eigenvalue weighted by Crippen LogP contribution is 2.31. The van der Waals surface area contributed by atoms with E-state index in [9.17, 15) is 9.18 Å². The summed E-state index contributed by atoms with van der Waals surface area (Å²) in [5.41, 5.74) is 1.87. The SMILES string of the molecule is O=C(Nc1ccccc1N1CCCCC1)c1cc2c(F)cccc2s1. The molecule has 1 saturated heterocycles. The zero-order chi connectivity index (χ0) is 17.2. The number of thiophene rings is 1. The van der Waals surface area contributed by atoms with Crippen LogP contribution in [0.15, 0.2) is 48.5 Å². The van der Waals surface area contributed by atoms with Crippen molar-refractivity contribution in [3.63, 3.8) is 0 Å². The molecule has 0 aliphatic carbocycles. The van der Waals surface area contributed by atoms with Crippen molar-refractivity contribution in [3.05, 3.63) is 59.2 Å². The zero-order valence-corrected chi connectivity index (χ0v) is 14.6. The van der Waals surface area contributed by atoms with Gasteiger partial charge in [-0.2, -0.15) is 0 Å². The molecule has 3 aromatic rings. The van der Waals surface area contributed by atoms with Gasteiger partial charge in [0, 0.05) is 23.2 Å². The van der Waals surface area contributed by atoms with Crippen LogP contribution in [0.2, 0.25) is 0 Å². The van der Waals surface area contributed by atoms with Gasteiger partial charge in [0.2, 0.25) is 0 Å². The number of benzene rings is 2. The predicted molar refractivity (Wildman–Crippen MR) is 102 cm³/mol.